The Labute approximate surface area is 152 Å². The van der Waals surface area contributed by atoms with Crippen molar-refractivity contribution >= 4 is 32.3 Å². The van der Waals surface area contributed by atoms with Gasteiger partial charge in [0.1, 0.15) is 22.6 Å². The average molecular weight is 368 g/mol. The molecule has 1 aromatic carbocycles. The maximum absolute atomic E-state index is 13.2. The fraction of sp³-hybridized carbons (Fsp3) is 0.263. The van der Waals surface area contributed by atoms with Crippen LogP contribution in [0.25, 0.3) is 16.6 Å². The molecule has 3 N–H and O–H groups in total. The van der Waals surface area contributed by atoms with Gasteiger partial charge in [0, 0.05) is 0 Å². The zero-order chi connectivity index (χ0) is 18.3. The number of hydrogen-bond donors (Lipinski definition) is 2. The average Bonchev–Trinajstić information content (AvgIpc) is 2.99. The molecule has 0 aliphatic heterocycles. The second kappa shape index (κ2) is 6.25. The van der Waals surface area contributed by atoms with Crippen LogP contribution in [0, 0.1) is 6.92 Å². The number of hydrogen-bond acceptors (Lipinski definition) is 5. The second-order valence-corrected chi connectivity index (χ2v) is 8.49. The molecule has 0 atom stereocenters. The van der Waals surface area contributed by atoms with E-state index >= 15 is 0 Å². The fourth-order valence-corrected chi connectivity index (χ4v) is 4.88. The van der Waals surface area contributed by atoms with Gasteiger partial charge in [-0.1, -0.05) is 23.8 Å². The number of aromatic nitrogens is 3. The first-order valence-corrected chi connectivity index (χ1v) is 10.1. The minimum atomic E-state index is -3.78. The molecule has 0 unspecified atom stereocenters. The molecule has 0 amide bonds. The highest BCUT2D eigenvalue weighted by molar-refractivity contribution is 7.92. The van der Waals surface area contributed by atoms with E-state index in [2.05, 4.69) is 21.0 Å². The molecule has 26 heavy (non-hydrogen) atoms. The summed E-state index contributed by atoms with van der Waals surface area (Å²) in [6.07, 6.45) is 7.77. The molecule has 0 saturated carbocycles. The standard InChI is InChI=1S/C19H20N4O2S/c1-12-7-9-14(10-8-12)26(24,25)18-17-16(23-19(18)20)15(21-11-22-17)13-5-3-2-4-6-13/h5,7-11,23H,2-4,6,20H2,1H3. The van der Waals surface area contributed by atoms with Crippen molar-refractivity contribution < 1.29 is 8.42 Å². The minimum absolute atomic E-state index is 0.0245. The monoisotopic (exact) mass is 368 g/mol. The molecule has 3 aromatic rings. The molecule has 7 heteroatoms. The lowest BCUT2D eigenvalue weighted by Crippen LogP contribution is -2.05. The number of fused-ring (bicyclic) bond motifs is 1. The second-order valence-electron chi connectivity index (χ2n) is 6.61. The molecule has 4 rings (SSSR count). The zero-order valence-electron chi connectivity index (χ0n) is 14.5. The molecular weight excluding hydrogens is 348 g/mol. The van der Waals surface area contributed by atoms with Gasteiger partial charge in [0.2, 0.25) is 9.84 Å². The first kappa shape index (κ1) is 16.8. The van der Waals surface area contributed by atoms with Gasteiger partial charge in [-0.3, -0.25) is 0 Å². The summed E-state index contributed by atoms with van der Waals surface area (Å²) >= 11 is 0. The number of rotatable bonds is 3. The molecule has 2 heterocycles. The van der Waals surface area contributed by atoms with Crippen molar-refractivity contribution in [2.24, 2.45) is 0 Å². The maximum atomic E-state index is 13.2. The molecule has 1 aliphatic carbocycles. The van der Waals surface area contributed by atoms with E-state index in [1.54, 1.807) is 24.3 Å². The van der Waals surface area contributed by atoms with Crippen molar-refractivity contribution in [2.45, 2.75) is 42.4 Å². The highest BCUT2D eigenvalue weighted by atomic mass is 32.2. The fourth-order valence-electron chi connectivity index (χ4n) is 3.40. The van der Waals surface area contributed by atoms with E-state index in [9.17, 15) is 8.42 Å². The van der Waals surface area contributed by atoms with E-state index < -0.39 is 9.84 Å². The van der Waals surface area contributed by atoms with E-state index in [4.69, 9.17) is 5.73 Å². The Morgan fingerprint density at radius 1 is 1.12 bits per heavy atom. The Morgan fingerprint density at radius 3 is 2.58 bits per heavy atom. The van der Waals surface area contributed by atoms with Crippen molar-refractivity contribution in [3.63, 3.8) is 0 Å². The third kappa shape index (κ3) is 2.68. The summed E-state index contributed by atoms with van der Waals surface area (Å²) in [6, 6.07) is 6.72. The zero-order valence-corrected chi connectivity index (χ0v) is 15.3. The van der Waals surface area contributed by atoms with Crippen LogP contribution in [0.3, 0.4) is 0 Å². The van der Waals surface area contributed by atoms with Gasteiger partial charge in [-0.25, -0.2) is 18.4 Å². The van der Waals surface area contributed by atoms with Crippen molar-refractivity contribution in [3.05, 3.63) is 47.9 Å². The highest BCUT2D eigenvalue weighted by Gasteiger charge is 2.28. The Balaban J connectivity index is 1.93. The van der Waals surface area contributed by atoms with Gasteiger partial charge in [0.05, 0.1) is 16.1 Å². The smallest absolute Gasteiger partial charge is 0.212 e. The van der Waals surface area contributed by atoms with E-state index in [0.29, 0.717) is 11.0 Å². The van der Waals surface area contributed by atoms with Crippen molar-refractivity contribution in [2.75, 3.05) is 5.73 Å². The highest BCUT2D eigenvalue weighted by Crippen LogP contribution is 2.36. The van der Waals surface area contributed by atoms with Gasteiger partial charge in [0.25, 0.3) is 0 Å². The molecule has 0 spiro atoms. The van der Waals surface area contributed by atoms with Crippen molar-refractivity contribution in [1.82, 2.24) is 15.0 Å². The molecule has 134 valence electrons. The van der Waals surface area contributed by atoms with Crippen LogP contribution in [0.5, 0.6) is 0 Å². The Hall–Kier alpha value is -2.67. The van der Waals surface area contributed by atoms with E-state index in [1.165, 1.54) is 6.33 Å². The molecule has 6 nitrogen and oxygen atoms in total. The van der Waals surface area contributed by atoms with E-state index in [0.717, 1.165) is 42.5 Å². The Kier molecular flexibility index (Phi) is 4.03. The topological polar surface area (TPSA) is 102 Å². The van der Waals surface area contributed by atoms with Gasteiger partial charge in [-0.15, -0.1) is 0 Å². The first-order chi connectivity index (χ1) is 12.5. The largest absolute Gasteiger partial charge is 0.384 e. The summed E-state index contributed by atoms with van der Waals surface area (Å²) in [7, 11) is -3.78. The van der Waals surface area contributed by atoms with Gasteiger partial charge in [0.15, 0.2) is 0 Å². The third-order valence-corrected chi connectivity index (χ3v) is 6.61. The number of aryl methyl sites for hydroxylation is 1. The van der Waals surface area contributed by atoms with Gasteiger partial charge in [-0.2, -0.15) is 0 Å². The summed E-state index contributed by atoms with van der Waals surface area (Å²) in [5.41, 5.74) is 9.86. The van der Waals surface area contributed by atoms with Crippen LogP contribution in [-0.2, 0) is 9.84 Å². The molecule has 0 bridgehead atoms. The van der Waals surface area contributed by atoms with Crippen molar-refractivity contribution in [3.8, 4) is 0 Å². The van der Waals surface area contributed by atoms with Crippen LogP contribution in [0.15, 0.2) is 46.5 Å². The number of aromatic amines is 1. The molecule has 0 fully saturated rings. The number of nitrogen functional groups attached to an aromatic ring is 1. The lowest BCUT2D eigenvalue weighted by molar-refractivity contribution is 0.597. The Morgan fingerprint density at radius 2 is 1.88 bits per heavy atom. The number of nitrogens with zero attached hydrogens (tertiary/aromatic N) is 2. The lowest BCUT2D eigenvalue weighted by Gasteiger charge is -2.12. The van der Waals surface area contributed by atoms with Crippen LogP contribution in [0.1, 0.15) is 36.9 Å². The summed E-state index contributed by atoms with van der Waals surface area (Å²) in [5, 5.41) is 0. The van der Waals surface area contributed by atoms with Crippen molar-refractivity contribution in [1.29, 1.82) is 0 Å². The van der Waals surface area contributed by atoms with Crippen LogP contribution in [-0.4, -0.2) is 23.4 Å². The predicted molar refractivity (Wildman–Crippen MR) is 101 cm³/mol. The Bertz CT molecular complexity index is 1110. The number of anilines is 1. The number of H-pyrrole nitrogens is 1. The van der Waals surface area contributed by atoms with Crippen LogP contribution >= 0.6 is 0 Å². The molecule has 0 radical (unpaired) electrons. The van der Waals surface area contributed by atoms with E-state index in [-0.39, 0.29) is 15.6 Å². The van der Waals surface area contributed by atoms with Gasteiger partial charge < -0.3 is 10.7 Å². The molecule has 2 aromatic heterocycles. The first-order valence-electron chi connectivity index (χ1n) is 8.62. The summed E-state index contributed by atoms with van der Waals surface area (Å²) < 4.78 is 26.3. The summed E-state index contributed by atoms with van der Waals surface area (Å²) in [4.78, 5) is 11.9. The predicted octanol–water partition coefficient (Wildman–Crippen LogP) is 3.64. The summed E-state index contributed by atoms with van der Waals surface area (Å²) in [5.74, 6) is 0.0961. The number of benzene rings is 1. The molecular formula is C19H20N4O2S. The minimum Gasteiger partial charge on any atom is -0.384 e. The normalized spacial score (nSPS) is 15.2. The van der Waals surface area contributed by atoms with Gasteiger partial charge >= 0.3 is 0 Å². The van der Waals surface area contributed by atoms with Crippen LogP contribution in [0.2, 0.25) is 0 Å². The van der Waals surface area contributed by atoms with Crippen LogP contribution < -0.4 is 5.73 Å². The maximum Gasteiger partial charge on any atom is 0.212 e. The quantitative estimate of drug-likeness (QED) is 0.735. The number of nitrogens with two attached hydrogens (primary N) is 1. The number of sulfone groups is 1. The molecule has 0 saturated heterocycles. The van der Waals surface area contributed by atoms with Crippen LogP contribution in [0.4, 0.5) is 5.82 Å². The van der Waals surface area contributed by atoms with Gasteiger partial charge in [-0.05, 0) is 50.3 Å². The number of allylic oxidation sites excluding steroid dienone is 2. The SMILES string of the molecule is Cc1ccc(S(=O)(=O)c2c(N)[nH]c3c(C4=CCCCC4)ncnc23)cc1. The molecule has 1 aliphatic rings. The number of nitrogens with one attached hydrogen (secondary N) is 1. The third-order valence-electron chi connectivity index (χ3n) is 4.76. The lowest BCUT2D eigenvalue weighted by atomic mass is 9.96. The summed E-state index contributed by atoms with van der Waals surface area (Å²) in [6.45, 7) is 1.91. The van der Waals surface area contributed by atoms with E-state index in [1.807, 2.05) is 6.92 Å².